The second kappa shape index (κ2) is 6.06. The van der Waals surface area contributed by atoms with E-state index >= 15 is 0 Å². The van der Waals surface area contributed by atoms with Gasteiger partial charge in [0, 0.05) is 22.9 Å². The minimum atomic E-state index is -0.0759. The maximum Gasteiger partial charge on any atom is 0.257 e. The number of likely N-dealkylation sites (tertiary alicyclic amines) is 1. The first-order chi connectivity index (χ1) is 8.61. The Balaban J connectivity index is 2.08. The lowest BCUT2D eigenvalue weighted by Crippen LogP contribution is -2.38. The third-order valence-corrected chi connectivity index (χ3v) is 4.72. The highest BCUT2D eigenvalue weighted by Gasteiger charge is 2.24. The first kappa shape index (κ1) is 13.9. The number of halogens is 2. The van der Waals surface area contributed by atoms with Crippen molar-refractivity contribution < 1.29 is 9.90 Å². The van der Waals surface area contributed by atoms with Crippen LogP contribution >= 0.6 is 31.9 Å². The molecular formula is C13H15Br2NO2. The van der Waals surface area contributed by atoms with Crippen LogP contribution in [-0.2, 0) is 0 Å². The zero-order valence-corrected chi connectivity index (χ0v) is 13.1. The second-order valence-corrected chi connectivity index (χ2v) is 6.11. The van der Waals surface area contributed by atoms with Gasteiger partial charge in [0.25, 0.3) is 5.91 Å². The van der Waals surface area contributed by atoms with Crippen LogP contribution in [0.2, 0.25) is 0 Å². The number of hydrogen-bond donors (Lipinski definition) is 1. The number of rotatable bonds is 2. The van der Waals surface area contributed by atoms with Crippen molar-refractivity contribution in [1.82, 2.24) is 4.90 Å². The highest BCUT2D eigenvalue weighted by molar-refractivity contribution is 9.10. The van der Waals surface area contributed by atoms with E-state index in [1.54, 1.807) is 18.2 Å². The van der Waals surface area contributed by atoms with Crippen molar-refractivity contribution in [2.24, 2.45) is 5.92 Å². The van der Waals surface area contributed by atoms with Gasteiger partial charge >= 0.3 is 0 Å². The van der Waals surface area contributed by atoms with Gasteiger partial charge < -0.3 is 10.0 Å². The number of carbonyl (C=O) groups is 1. The van der Waals surface area contributed by atoms with E-state index in [1.165, 1.54) is 0 Å². The van der Waals surface area contributed by atoms with Crippen LogP contribution in [0, 0.1) is 5.92 Å². The van der Waals surface area contributed by atoms with Gasteiger partial charge in [-0.3, -0.25) is 4.79 Å². The molecule has 0 atom stereocenters. The monoisotopic (exact) mass is 375 g/mol. The molecule has 18 heavy (non-hydrogen) atoms. The van der Waals surface area contributed by atoms with E-state index in [4.69, 9.17) is 0 Å². The number of phenols is 1. The number of piperidine rings is 1. The normalized spacial score (nSPS) is 16.9. The van der Waals surface area contributed by atoms with Crippen LogP contribution in [0.4, 0.5) is 0 Å². The Bertz CT molecular complexity index is 443. The van der Waals surface area contributed by atoms with Crippen LogP contribution in [0.3, 0.4) is 0 Å². The molecule has 3 nitrogen and oxygen atoms in total. The molecule has 0 saturated carbocycles. The molecule has 1 aliphatic heterocycles. The molecule has 1 amide bonds. The van der Waals surface area contributed by atoms with E-state index < -0.39 is 0 Å². The summed E-state index contributed by atoms with van der Waals surface area (Å²) in [5, 5.41) is 10.8. The topological polar surface area (TPSA) is 40.5 Å². The Morgan fingerprint density at radius 3 is 2.61 bits per heavy atom. The third kappa shape index (κ3) is 3.06. The Labute approximate surface area is 123 Å². The fourth-order valence-corrected chi connectivity index (χ4v) is 3.14. The molecular weight excluding hydrogens is 362 g/mol. The maximum absolute atomic E-state index is 12.3. The zero-order valence-electron chi connectivity index (χ0n) is 9.90. The maximum atomic E-state index is 12.3. The lowest BCUT2D eigenvalue weighted by atomic mass is 9.98. The number of aromatic hydroxyl groups is 1. The van der Waals surface area contributed by atoms with Crippen molar-refractivity contribution in [2.75, 3.05) is 18.4 Å². The van der Waals surface area contributed by atoms with E-state index in [-0.39, 0.29) is 11.7 Å². The summed E-state index contributed by atoms with van der Waals surface area (Å²) in [6.07, 6.45) is 2.04. The summed E-state index contributed by atoms with van der Waals surface area (Å²) in [6.45, 7) is 1.54. The van der Waals surface area contributed by atoms with Crippen LogP contribution in [-0.4, -0.2) is 34.3 Å². The van der Waals surface area contributed by atoms with Crippen molar-refractivity contribution in [2.45, 2.75) is 12.8 Å². The van der Waals surface area contributed by atoms with E-state index in [0.29, 0.717) is 11.5 Å². The molecule has 1 aliphatic rings. The van der Waals surface area contributed by atoms with Crippen molar-refractivity contribution in [3.63, 3.8) is 0 Å². The summed E-state index contributed by atoms with van der Waals surface area (Å²) in [5.41, 5.74) is 0.385. The molecule has 1 aromatic carbocycles. The number of amides is 1. The summed E-state index contributed by atoms with van der Waals surface area (Å²) in [5.74, 6) is 0.623. The molecule has 1 saturated heterocycles. The van der Waals surface area contributed by atoms with Crippen molar-refractivity contribution in [3.05, 3.63) is 28.2 Å². The van der Waals surface area contributed by atoms with E-state index in [2.05, 4.69) is 31.9 Å². The lowest BCUT2D eigenvalue weighted by molar-refractivity contribution is 0.0696. The average molecular weight is 377 g/mol. The summed E-state index contributed by atoms with van der Waals surface area (Å²) in [4.78, 5) is 14.1. The quantitative estimate of drug-likeness (QED) is 0.803. The molecule has 0 spiro atoms. The Morgan fingerprint density at radius 1 is 1.39 bits per heavy atom. The van der Waals surface area contributed by atoms with Gasteiger partial charge in [0.15, 0.2) is 0 Å². The van der Waals surface area contributed by atoms with Crippen LogP contribution in [0.25, 0.3) is 0 Å². The standard InChI is InChI=1S/C13H15Br2NO2/c14-8-9-3-5-16(6-4-9)13(18)11-2-1-10(15)7-12(11)17/h1-2,7,9,17H,3-6,8H2. The smallest absolute Gasteiger partial charge is 0.257 e. The summed E-state index contributed by atoms with van der Waals surface area (Å²) in [7, 11) is 0. The molecule has 5 heteroatoms. The Kier molecular flexibility index (Phi) is 4.67. The Hall–Kier alpha value is -0.550. The highest BCUT2D eigenvalue weighted by atomic mass is 79.9. The molecule has 2 rings (SSSR count). The predicted octanol–water partition coefficient (Wildman–Crippen LogP) is 3.40. The molecule has 1 fully saturated rings. The highest BCUT2D eigenvalue weighted by Crippen LogP contribution is 2.26. The number of phenolic OH excluding ortho intramolecular Hbond substituents is 1. The van der Waals surface area contributed by atoms with E-state index in [9.17, 15) is 9.90 Å². The van der Waals surface area contributed by atoms with E-state index in [0.717, 1.165) is 35.7 Å². The van der Waals surface area contributed by atoms with Gasteiger partial charge in [0.1, 0.15) is 5.75 Å². The van der Waals surface area contributed by atoms with Crippen LogP contribution in [0.15, 0.2) is 22.7 Å². The van der Waals surface area contributed by atoms with Gasteiger partial charge in [-0.25, -0.2) is 0 Å². The molecule has 1 N–H and O–H groups in total. The molecule has 0 aliphatic carbocycles. The van der Waals surface area contributed by atoms with Gasteiger partial charge in [-0.05, 0) is 37.0 Å². The first-order valence-electron chi connectivity index (χ1n) is 5.95. The minimum absolute atomic E-state index is 0.0389. The Morgan fingerprint density at radius 2 is 2.06 bits per heavy atom. The lowest BCUT2D eigenvalue weighted by Gasteiger charge is -2.31. The molecule has 0 unspecified atom stereocenters. The van der Waals surface area contributed by atoms with Gasteiger partial charge in [-0.2, -0.15) is 0 Å². The second-order valence-electron chi connectivity index (χ2n) is 4.55. The molecule has 0 aromatic heterocycles. The summed E-state index contributed by atoms with van der Waals surface area (Å²) >= 11 is 6.75. The summed E-state index contributed by atoms with van der Waals surface area (Å²) in [6, 6.07) is 5.00. The molecule has 0 radical (unpaired) electrons. The number of benzene rings is 1. The summed E-state index contributed by atoms with van der Waals surface area (Å²) < 4.78 is 0.773. The fraction of sp³-hybridized carbons (Fsp3) is 0.462. The number of nitrogens with zero attached hydrogens (tertiary/aromatic N) is 1. The average Bonchev–Trinajstić information content (AvgIpc) is 2.38. The molecule has 1 heterocycles. The van der Waals surface area contributed by atoms with Crippen molar-refractivity contribution in [1.29, 1.82) is 0 Å². The van der Waals surface area contributed by atoms with Crippen LogP contribution in [0.1, 0.15) is 23.2 Å². The molecule has 98 valence electrons. The van der Waals surface area contributed by atoms with E-state index in [1.807, 2.05) is 4.90 Å². The van der Waals surface area contributed by atoms with Gasteiger partial charge in [-0.1, -0.05) is 31.9 Å². The van der Waals surface area contributed by atoms with Crippen LogP contribution < -0.4 is 0 Å². The van der Waals surface area contributed by atoms with Crippen molar-refractivity contribution >= 4 is 37.8 Å². The van der Waals surface area contributed by atoms with Gasteiger partial charge in [0.2, 0.25) is 0 Å². The minimum Gasteiger partial charge on any atom is -0.507 e. The number of hydrogen-bond acceptors (Lipinski definition) is 2. The SMILES string of the molecule is O=C(c1ccc(Br)cc1O)N1CCC(CBr)CC1. The molecule has 1 aromatic rings. The van der Waals surface area contributed by atoms with Crippen LogP contribution in [0.5, 0.6) is 5.75 Å². The number of carbonyl (C=O) groups excluding carboxylic acids is 1. The van der Waals surface area contributed by atoms with Gasteiger partial charge in [0.05, 0.1) is 5.56 Å². The predicted molar refractivity (Wildman–Crippen MR) is 78.2 cm³/mol. The van der Waals surface area contributed by atoms with Gasteiger partial charge in [-0.15, -0.1) is 0 Å². The largest absolute Gasteiger partial charge is 0.507 e. The number of alkyl halides is 1. The zero-order chi connectivity index (χ0) is 13.1. The first-order valence-corrected chi connectivity index (χ1v) is 7.87. The van der Waals surface area contributed by atoms with Crippen molar-refractivity contribution in [3.8, 4) is 5.75 Å². The molecule has 0 bridgehead atoms. The fourth-order valence-electron chi connectivity index (χ4n) is 2.15. The third-order valence-electron chi connectivity index (χ3n) is 3.31.